The van der Waals surface area contributed by atoms with E-state index < -0.39 is 0 Å². The molecule has 1 heterocycles. The third-order valence-electron chi connectivity index (χ3n) is 6.02. The molecule has 1 atom stereocenters. The predicted molar refractivity (Wildman–Crippen MR) is 144 cm³/mol. The van der Waals surface area contributed by atoms with Crippen LogP contribution in [0.15, 0.2) is 72.8 Å². The van der Waals surface area contributed by atoms with Crippen molar-refractivity contribution >= 4 is 35.0 Å². The molecule has 0 unspecified atom stereocenters. The van der Waals surface area contributed by atoms with Crippen LogP contribution in [-0.2, 0) is 4.79 Å². The monoisotopic (exact) mass is 488 g/mol. The number of anilines is 2. The number of benzene rings is 3. The lowest BCUT2D eigenvalue weighted by Gasteiger charge is -2.27. The Hall–Kier alpha value is -3.25. The minimum Gasteiger partial charge on any atom is -0.494 e. The lowest BCUT2D eigenvalue weighted by molar-refractivity contribution is -0.115. The number of amides is 2. The molecule has 1 aliphatic rings. The number of ether oxygens (including phenoxy) is 1. The van der Waals surface area contributed by atoms with Gasteiger partial charge in [0.15, 0.2) is 0 Å². The summed E-state index contributed by atoms with van der Waals surface area (Å²) in [5, 5.41) is 2.87. The Morgan fingerprint density at radius 2 is 1.77 bits per heavy atom. The molecule has 3 aromatic carbocycles. The van der Waals surface area contributed by atoms with Crippen LogP contribution < -0.4 is 15.0 Å². The summed E-state index contributed by atoms with van der Waals surface area (Å²) in [6.45, 7) is 7.09. The number of para-hydroxylation sites is 1. The molecule has 182 valence electrons. The van der Waals surface area contributed by atoms with Crippen molar-refractivity contribution in [1.29, 1.82) is 0 Å². The van der Waals surface area contributed by atoms with Crippen molar-refractivity contribution in [3.05, 3.63) is 89.5 Å². The van der Waals surface area contributed by atoms with Crippen LogP contribution in [0.5, 0.6) is 5.75 Å². The Morgan fingerprint density at radius 3 is 2.46 bits per heavy atom. The highest BCUT2D eigenvalue weighted by Gasteiger charge is 2.35. The fourth-order valence-corrected chi connectivity index (χ4v) is 5.27. The first-order chi connectivity index (χ1) is 17.0. The zero-order valence-electron chi connectivity index (χ0n) is 20.5. The van der Waals surface area contributed by atoms with E-state index in [1.807, 2.05) is 59.5 Å². The summed E-state index contributed by atoms with van der Waals surface area (Å²) in [6, 6.07) is 23.1. The number of hydrogen-bond donors (Lipinski definition) is 1. The molecule has 1 aliphatic heterocycles. The Kier molecular flexibility index (Phi) is 8.13. The molecule has 0 aromatic heterocycles. The minimum absolute atomic E-state index is 0.0904. The van der Waals surface area contributed by atoms with Gasteiger partial charge in [0.2, 0.25) is 5.91 Å². The Bertz CT molecular complexity index is 1160. The zero-order chi connectivity index (χ0) is 24.8. The van der Waals surface area contributed by atoms with Crippen LogP contribution in [0, 0.1) is 0 Å². The van der Waals surface area contributed by atoms with Crippen LogP contribution in [0.2, 0.25) is 0 Å². The molecule has 1 N–H and O–H groups in total. The Morgan fingerprint density at radius 1 is 1.06 bits per heavy atom. The molecule has 0 radical (unpaired) electrons. The minimum atomic E-state index is -0.171. The van der Waals surface area contributed by atoms with E-state index in [1.165, 1.54) is 5.56 Å². The van der Waals surface area contributed by atoms with Crippen LogP contribution in [0.1, 0.15) is 66.4 Å². The smallest absolute Gasteiger partial charge is 0.255 e. The van der Waals surface area contributed by atoms with Gasteiger partial charge in [0.1, 0.15) is 11.1 Å². The highest BCUT2D eigenvalue weighted by molar-refractivity contribution is 8.00. The molecule has 5 nitrogen and oxygen atoms in total. The second kappa shape index (κ2) is 11.5. The van der Waals surface area contributed by atoms with Gasteiger partial charge in [-0.15, -0.1) is 11.8 Å². The SMILES string of the molecule is CCCCOc1ccc(C(=O)Nc2ccc([C@@H]3SCC(=O)N3c3ccccc3C(C)C)cc2)cc1. The highest BCUT2D eigenvalue weighted by atomic mass is 32.2. The van der Waals surface area contributed by atoms with E-state index in [0.717, 1.165) is 29.8 Å². The molecule has 1 fully saturated rings. The summed E-state index contributed by atoms with van der Waals surface area (Å²) in [5.74, 6) is 1.49. The predicted octanol–water partition coefficient (Wildman–Crippen LogP) is 7.02. The maximum Gasteiger partial charge on any atom is 0.255 e. The number of thioether (sulfide) groups is 1. The van der Waals surface area contributed by atoms with Crippen LogP contribution in [-0.4, -0.2) is 24.2 Å². The summed E-state index contributed by atoms with van der Waals surface area (Å²) >= 11 is 1.63. The average molecular weight is 489 g/mol. The molecule has 4 rings (SSSR count). The molecular weight excluding hydrogens is 456 g/mol. The van der Waals surface area contributed by atoms with E-state index in [9.17, 15) is 9.59 Å². The maximum atomic E-state index is 12.8. The number of carbonyl (C=O) groups excluding carboxylic acids is 2. The molecule has 35 heavy (non-hydrogen) atoms. The maximum absolute atomic E-state index is 12.8. The van der Waals surface area contributed by atoms with Crippen molar-refractivity contribution in [2.45, 2.75) is 44.9 Å². The van der Waals surface area contributed by atoms with Gasteiger partial charge in [0.05, 0.1) is 12.4 Å². The van der Waals surface area contributed by atoms with E-state index in [-0.39, 0.29) is 17.2 Å². The second-order valence-corrected chi connectivity index (χ2v) is 10.0. The Balaban J connectivity index is 1.45. The quantitative estimate of drug-likeness (QED) is 0.329. The van der Waals surface area contributed by atoms with Crippen molar-refractivity contribution in [3.63, 3.8) is 0 Å². The molecule has 1 saturated heterocycles. The number of hydrogen-bond acceptors (Lipinski definition) is 4. The molecule has 2 amide bonds. The second-order valence-electron chi connectivity index (χ2n) is 8.94. The van der Waals surface area contributed by atoms with Crippen LogP contribution in [0.3, 0.4) is 0 Å². The largest absolute Gasteiger partial charge is 0.494 e. The Labute approximate surface area is 211 Å². The standard InChI is InChI=1S/C29H32N2O3S/c1-4-5-18-34-24-16-12-21(13-17-24)28(33)30-23-14-10-22(11-15-23)29-31(27(32)19-35-29)26-9-7-6-8-25(26)20(2)3/h6-17,20,29H,4-5,18-19H2,1-3H3,(H,30,33)/t29-/m0/s1. The van der Waals surface area contributed by atoms with Crippen molar-refractivity contribution in [1.82, 2.24) is 0 Å². The molecule has 0 aliphatic carbocycles. The van der Waals surface area contributed by atoms with Crippen LogP contribution in [0.25, 0.3) is 0 Å². The first-order valence-corrected chi connectivity index (χ1v) is 13.2. The molecule has 0 saturated carbocycles. The van der Waals surface area contributed by atoms with E-state index in [0.29, 0.717) is 29.5 Å². The molecule has 6 heteroatoms. The van der Waals surface area contributed by atoms with Gasteiger partial charge < -0.3 is 10.1 Å². The summed E-state index contributed by atoms with van der Waals surface area (Å²) in [7, 11) is 0. The van der Waals surface area contributed by atoms with Gasteiger partial charge in [-0.05, 0) is 65.9 Å². The van der Waals surface area contributed by atoms with Crippen LogP contribution in [0.4, 0.5) is 11.4 Å². The van der Waals surface area contributed by atoms with Crippen LogP contribution >= 0.6 is 11.8 Å². The summed E-state index contributed by atoms with van der Waals surface area (Å²) in [6.07, 6.45) is 2.09. The van der Waals surface area contributed by atoms with Crippen molar-refractivity contribution in [2.24, 2.45) is 0 Å². The number of unbranched alkanes of at least 4 members (excludes halogenated alkanes) is 1. The van der Waals surface area contributed by atoms with Crippen molar-refractivity contribution < 1.29 is 14.3 Å². The first kappa shape index (κ1) is 24.9. The van der Waals surface area contributed by atoms with Gasteiger partial charge in [-0.25, -0.2) is 0 Å². The number of nitrogens with one attached hydrogen (secondary N) is 1. The van der Waals surface area contributed by atoms with Crippen molar-refractivity contribution in [2.75, 3.05) is 22.6 Å². The zero-order valence-corrected chi connectivity index (χ0v) is 21.3. The number of carbonyl (C=O) groups is 2. The molecule has 3 aromatic rings. The van der Waals surface area contributed by atoms with Crippen molar-refractivity contribution in [3.8, 4) is 5.75 Å². The fraction of sp³-hybridized carbons (Fsp3) is 0.310. The summed E-state index contributed by atoms with van der Waals surface area (Å²) in [5.41, 5.74) is 4.46. The summed E-state index contributed by atoms with van der Waals surface area (Å²) in [4.78, 5) is 27.5. The van der Waals surface area contributed by atoms with E-state index in [1.54, 1.807) is 23.9 Å². The molecular formula is C29H32N2O3S. The number of rotatable bonds is 9. The third kappa shape index (κ3) is 5.88. The fourth-order valence-electron chi connectivity index (χ4n) is 4.10. The molecule has 0 spiro atoms. The lowest BCUT2D eigenvalue weighted by Crippen LogP contribution is -2.29. The number of nitrogens with zero attached hydrogens (tertiary/aromatic N) is 1. The molecule has 0 bridgehead atoms. The first-order valence-electron chi connectivity index (χ1n) is 12.1. The summed E-state index contributed by atoms with van der Waals surface area (Å²) < 4.78 is 5.67. The van der Waals surface area contributed by atoms with E-state index in [2.05, 4.69) is 32.2 Å². The van der Waals surface area contributed by atoms with Gasteiger partial charge in [-0.3, -0.25) is 14.5 Å². The lowest BCUT2D eigenvalue weighted by atomic mass is 10.00. The van der Waals surface area contributed by atoms with Gasteiger partial charge >= 0.3 is 0 Å². The van der Waals surface area contributed by atoms with Gasteiger partial charge in [-0.2, -0.15) is 0 Å². The topological polar surface area (TPSA) is 58.6 Å². The van der Waals surface area contributed by atoms with E-state index in [4.69, 9.17) is 4.74 Å². The normalized spacial score (nSPS) is 15.5. The van der Waals surface area contributed by atoms with E-state index >= 15 is 0 Å². The van der Waals surface area contributed by atoms with Gasteiger partial charge in [0.25, 0.3) is 5.91 Å². The highest BCUT2D eigenvalue weighted by Crippen LogP contribution is 2.44. The van der Waals surface area contributed by atoms with Gasteiger partial charge in [-0.1, -0.05) is 57.5 Å². The third-order valence-corrected chi connectivity index (χ3v) is 7.24. The van der Waals surface area contributed by atoms with Gasteiger partial charge in [0, 0.05) is 16.9 Å². The average Bonchev–Trinajstić information content (AvgIpc) is 3.26.